The Morgan fingerprint density at radius 3 is 2.31 bits per heavy atom. The van der Waals surface area contributed by atoms with E-state index in [9.17, 15) is 14.4 Å². The quantitative estimate of drug-likeness (QED) is 0.463. The number of hydrogen-bond acceptors (Lipinski definition) is 4. The van der Waals surface area contributed by atoms with Crippen molar-refractivity contribution in [3.8, 4) is 0 Å². The number of nitrogens with zero attached hydrogens (tertiary/aromatic N) is 1. The largest absolute Gasteiger partial charge is 0.459 e. The summed E-state index contributed by atoms with van der Waals surface area (Å²) in [6.07, 6.45) is 5.35. The molecule has 0 N–H and O–H groups in total. The van der Waals surface area contributed by atoms with E-state index >= 15 is 0 Å². The van der Waals surface area contributed by atoms with Crippen LogP contribution in [-0.4, -0.2) is 29.2 Å². The first-order valence-corrected chi connectivity index (χ1v) is 9.36. The van der Waals surface area contributed by atoms with Crippen molar-refractivity contribution in [3.63, 3.8) is 0 Å². The molecule has 134 valence electrons. The van der Waals surface area contributed by atoms with Gasteiger partial charge in [-0.25, -0.2) is 0 Å². The second-order valence-corrected chi connectivity index (χ2v) is 8.08. The van der Waals surface area contributed by atoms with Crippen LogP contribution in [0, 0.1) is 35.5 Å². The minimum atomic E-state index is -0.587. The van der Waals surface area contributed by atoms with Crippen LogP contribution < -0.4 is 0 Å². The van der Waals surface area contributed by atoms with Gasteiger partial charge in [-0.15, -0.1) is 0 Å². The lowest BCUT2D eigenvalue weighted by Gasteiger charge is -2.37. The molecule has 1 saturated heterocycles. The van der Waals surface area contributed by atoms with Gasteiger partial charge in [0.1, 0.15) is 13.2 Å². The first kappa shape index (κ1) is 16.1. The van der Waals surface area contributed by atoms with E-state index in [2.05, 4.69) is 12.2 Å². The Morgan fingerprint density at radius 2 is 1.69 bits per heavy atom. The van der Waals surface area contributed by atoms with Gasteiger partial charge >= 0.3 is 5.97 Å². The molecule has 2 bridgehead atoms. The molecule has 1 aliphatic heterocycles. The molecule has 1 heterocycles. The smallest absolute Gasteiger partial charge is 0.326 e. The molecule has 5 nitrogen and oxygen atoms in total. The summed E-state index contributed by atoms with van der Waals surface area (Å²) < 4.78 is 5.23. The summed E-state index contributed by atoms with van der Waals surface area (Å²) >= 11 is 6.05. The standard InChI is InChI=1S/C20H18ClNO4/c21-15-4-2-1-3-10(15)9-26-16(23)8-22-19(24)17-11-5-6-12(14-7-13(11)14)18(17)20(22)25/h1-6,11-14,17-18H,7-9H2. The van der Waals surface area contributed by atoms with Gasteiger partial charge in [-0.1, -0.05) is 42.0 Å². The van der Waals surface area contributed by atoms with Crippen LogP contribution in [0.3, 0.4) is 0 Å². The summed E-state index contributed by atoms with van der Waals surface area (Å²) in [5, 5.41) is 0.515. The summed E-state index contributed by atoms with van der Waals surface area (Å²) in [6, 6.07) is 7.09. The second-order valence-electron chi connectivity index (χ2n) is 7.67. The maximum absolute atomic E-state index is 12.8. The summed E-state index contributed by atoms with van der Waals surface area (Å²) in [5.74, 6) is -0.138. The summed E-state index contributed by atoms with van der Waals surface area (Å²) in [6.45, 7) is -0.289. The molecule has 6 atom stereocenters. The number of halogens is 1. The predicted molar refractivity (Wildman–Crippen MR) is 92.7 cm³/mol. The average Bonchev–Trinajstić information content (AvgIpc) is 3.42. The Balaban J connectivity index is 1.27. The Labute approximate surface area is 155 Å². The van der Waals surface area contributed by atoms with Gasteiger partial charge in [0.2, 0.25) is 11.8 Å². The zero-order valence-electron chi connectivity index (χ0n) is 14.0. The van der Waals surface area contributed by atoms with Crippen LogP contribution in [0.25, 0.3) is 0 Å². The number of benzene rings is 1. The number of carbonyl (C=O) groups excluding carboxylic acids is 3. The second kappa shape index (κ2) is 5.68. The third-order valence-corrected chi connectivity index (χ3v) is 6.76. The molecule has 26 heavy (non-hydrogen) atoms. The van der Waals surface area contributed by atoms with Crippen molar-refractivity contribution in [1.29, 1.82) is 0 Å². The van der Waals surface area contributed by atoms with E-state index in [-0.39, 0.29) is 48.6 Å². The molecule has 0 aromatic heterocycles. The Bertz CT molecular complexity index is 814. The van der Waals surface area contributed by atoms with E-state index < -0.39 is 5.97 Å². The van der Waals surface area contributed by atoms with Crippen LogP contribution in [0.15, 0.2) is 36.4 Å². The fraction of sp³-hybridized carbons (Fsp3) is 0.450. The molecule has 1 aromatic carbocycles. The Hall–Kier alpha value is -2.14. The highest BCUT2D eigenvalue weighted by Gasteiger charge is 2.67. The number of amides is 2. The minimum Gasteiger partial charge on any atom is -0.459 e. The number of ether oxygens (including phenoxy) is 1. The molecule has 5 aliphatic rings. The van der Waals surface area contributed by atoms with E-state index in [0.29, 0.717) is 22.4 Å². The molecule has 6 heteroatoms. The van der Waals surface area contributed by atoms with Crippen LogP contribution in [0.2, 0.25) is 5.02 Å². The molecule has 0 spiro atoms. The molecular formula is C20H18ClNO4. The maximum atomic E-state index is 12.8. The Kier molecular flexibility index (Phi) is 3.51. The number of allylic oxidation sites excluding steroid dienone is 2. The van der Waals surface area contributed by atoms with Gasteiger partial charge in [0.25, 0.3) is 0 Å². The number of carbonyl (C=O) groups is 3. The fourth-order valence-electron chi connectivity index (χ4n) is 5.12. The molecule has 4 aliphatic carbocycles. The topological polar surface area (TPSA) is 63.7 Å². The highest BCUT2D eigenvalue weighted by Crippen LogP contribution is 2.65. The first-order valence-electron chi connectivity index (χ1n) is 8.99. The van der Waals surface area contributed by atoms with E-state index in [1.165, 1.54) is 0 Å². The van der Waals surface area contributed by atoms with Crippen molar-refractivity contribution in [3.05, 3.63) is 47.0 Å². The molecule has 2 saturated carbocycles. The normalized spacial score (nSPS) is 36.1. The molecule has 6 unspecified atom stereocenters. The van der Waals surface area contributed by atoms with Crippen molar-refractivity contribution in [2.24, 2.45) is 35.5 Å². The molecule has 6 rings (SSSR count). The third-order valence-electron chi connectivity index (χ3n) is 6.39. The molecule has 2 amide bonds. The zero-order chi connectivity index (χ0) is 18.0. The van der Waals surface area contributed by atoms with Crippen LogP contribution in [-0.2, 0) is 25.7 Å². The summed E-state index contributed by atoms with van der Waals surface area (Å²) in [4.78, 5) is 38.9. The van der Waals surface area contributed by atoms with E-state index in [1.54, 1.807) is 24.3 Å². The Morgan fingerprint density at radius 1 is 1.08 bits per heavy atom. The van der Waals surface area contributed by atoms with E-state index in [1.807, 2.05) is 0 Å². The first-order chi connectivity index (χ1) is 12.6. The molecule has 3 fully saturated rings. The highest BCUT2D eigenvalue weighted by molar-refractivity contribution is 6.31. The fourth-order valence-corrected chi connectivity index (χ4v) is 5.31. The summed E-state index contributed by atoms with van der Waals surface area (Å²) in [5.41, 5.74) is 0.692. The molecule has 0 radical (unpaired) electrons. The lowest BCUT2D eigenvalue weighted by atomic mass is 9.63. The maximum Gasteiger partial charge on any atom is 0.326 e. The average molecular weight is 372 g/mol. The third kappa shape index (κ3) is 2.26. The van der Waals surface area contributed by atoms with Crippen molar-refractivity contribution in [1.82, 2.24) is 4.90 Å². The van der Waals surface area contributed by atoms with E-state index in [4.69, 9.17) is 16.3 Å². The van der Waals surface area contributed by atoms with Gasteiger partial charge in [0, 0.05) is 10.6 Å². The predicted octanol–water partition coefficient (Wildman–Crippen LogP) is 2.44. The zero-order valence-corrected chi connectivity index (χ0v) is 14.8. The molecule has 1 aromatic rings. The van der Waals surface area contributed by atoms with Crippen molar-refractivity contribution >= 4 is 29.4 Å². The number of esters is 1. The number of hydrogen-bond donors (Lipinski definition) is 0. The SMILES string of the molecule is O=C(CN1C(=O)C2C3C=CC(C4CC34)C2C1=O)OCc1ccccc1Cl. The van der Waals surface area contributed by atoms with Crippen LogP contribution in [0.1, 0.15) is 12.0 Å². The number of likely N-dealkylation sites (tertiary alicyclic amines) is 1. The lowest BCUT2D eigenvalue weighted by Crippen LogP contribution is -2.40. The van der Waals surface area contributed by atoms with Crippen molar-refractivity contribution in [2.45, 2.75) is 13.0 Å². The van der Waals surface area contributed by atoms with Crippen LogP contribution >= 0.6 is 11.6 Å². The molecular weight excluding hydrogens is 354 g/mol. The van der Waals surface area contributed by atoms with Crippen molar-refractivity contribution in [2.75, 3.05) is 6.54 Å². The minimum absolute atomic E-state index is 0.0263. The van der Waals surface area contributed by atoms with E-state index in [0.717, 1.165) is 11.3 Å². The van der Waals surface area contributed by atoms with Gasteiger partial charge in [0.05, 0.1) is 11.8 Å². The van der Waals surface area contributed by atoms with Gasteiger partial charge in [-0.3, -0.25) is 19.3 Å². The highest BCUT2D eigenvalue weighted by atomic mass is 35.5. The van der Waals surface area contributed by atoms with Crippen molar-refractivity contribution < 1.29 is 19.1 Å². The van der Waals surface area contributed by atoms with Crippen LogP contribution in [0.5, 0.6) is 0 Å². The van der Waals surface area contributed by atoms with Gasteiger partial charge < -0.3 is 4.74 Å². The van der Waals surface area contributed by atoms with Gasteiger partial charge in [0.15, 0.2) is 0 Å². The monoisotopic (exact) mass is 371 g/mol. The number of rotatable bonds is 4. The van der Waals surface area contributed by atoms with Gasteiger partial charge in [-0.2, -0.15) is 0 Å². The lowest BCUT2D eigenvalue weighted by molar-refractivity contribution is -0.154. The number of imide groups is 1. The van der Waals surface area contributed by atoms with Crippen LogP contribution in [0.4, 0.5) is 0 Å². The summed E-state index contributed by atoms with van der Waals surface area (Å²) in [7, 11) is 0. The van der Waals surface area contributed by atoms with Gasteiger partial charge in [-0.05, 0) is 36.2 Å².